The van der Waals surface area contributed by atoms with Gasteiger partial charge in [0.1, 0.15) is 54.1 Å². The molecule has 2 fully saturated rings. The Morgan fingerprint density at radius 3 is 1.20 bits per heavy atom. The molecule has 4 amide bonds. The van der Waals surface area contributed by atoms with Gasteiger partial charge in [-0.2, -0.15) is 0 Å². The Kier molecular flexibility index (Phi) is 17.3. The van der Waals surface area contributed by atoms with Crippen molar-refractivity contribution in [1.29, 1.82) is 0 Å². The van der Waals surface area contributed by atoms with E-state index in [1.807, 2.05) is 121 Å². The molecule has 420 valence electrons. The Morgan fingerprint density at radius 1 is 0.427 bits per heavy atom. The highest BCUT2D eigenvalue weighted by Crippen LogP contribution is 2.41. The number of ether oxygens (including phenoxy) is 10. The highest BCUT2D eigenvalue weighted by atomic mass is 16.7. The van der Waals surface area contributed by atoms with Crippen molar-refractivity contribution < 1.29 is 71.3 Å². The van der Waals surface area contributed by atoms with Crippen molar-refractivity contribution in [3.8, 4) is 11.5 Å². The molecule has 17 nitrogen and oxygen atoms in total. The van der Waals surface area contributed by atoms with Crippen molar-refractivity contribution in [2.75, 3.05) is 20.3 Å². The second kappa shape index (κ2) is 25.6. The fourth-order valence-corrected chi connectivity index (χ4v) is 10.9. The zero-order valence-corrected chi connectivity index (χ0v) is 45.0. The van der Waals surface area contributed by atoms with Crippen LogP contribution in [-0.2, 0) is 69.1 Å². The molecule has 7 aromatic rings. The SMILES string of the molecule is COc1ccc(O[C@@H]2O[C@H](COCc3ccccc3)[C@@H](O[C@@H]3O[C@H](COCc4ccccc4)[C@@H](OC(C)=O)[C@H](OCc4ccccc4)[C@H]3N3C(=O)c4ccccc4C3=O)[C@H](OCc3ccccc3)[C@H]2N2C(=O)c3ccccc3C2=O)cc1. The monoisotopic (exact) mass is 1110 g/mol. The smallest absolute Gasteiger partial charge is 0.303 e. The minimum atomic E-state index is -1.69. The average Bonchev–Trinajstić information content (AvgIpc) is 3.97. The summed E-state index contributed by atoms with van der Waals surface area (Å²) >= 11 is 0. The number of imide groups is 2. The Labute approximate surface area is 474 Å². The van der Waals surface area contributed by atoms with Crippen molar-refractivity contribution >= 4 is 29.6 Å². The number of esters is 1. The number of hydrogen-bond donors (Lipinski definition) is 0. The first-order chi connectivity index (χ1) is 40.1. The number of benzene rings is 7. The van der Waals surface area contributed by atoms with Gasteiger partial charge in [-0.3, -0.25) is 33.8 Å². The van der Waals surface area contributed by atoms with Crippen LogP contribution in [0.4, 0.5) is 0 Å². The molecule has 2 saturated heterocycles. The maximum atomic E-state index is 15.1. The summed E-state index contributed by atoms with van der Waals surface area (Å²) in [5.74, 6) is -2.52. The van der Waals surface area contributed by atoms with E-state index in [1.165, 1.54) is 14.0 Å². The second-order valence-corrected chi connectivity index (χ2v) is 20.1. The fourth-order valence-electron chi connectivity index (χ4n) is 10.9. The molecule has 4 aliphatic heterocycles. The largest absolute Gasteiger partial charge is 0.497 e. The zero-order chi connectivity index (χ0) is 56.5. The van der Waals surface area contributed by atoms with Crippen molar-refractivity contribution in [2.24, 2.45) is 0 Å². The van der Waals surface area contributed by atoms with Crippen LogP contribution in [0, 0.1) is 0 Å². The average molecular weight is 1110 g/mol. The first-order valence-electron chi connectivity index (χ1n) is 27.1. The predicted octanol–water partition coefficient (Wildman–Crippen LogP) is 8.77. The molecule has 4 aliphatic rings. The quantitative estimate of drug-likeness (QED) is 0.0463. The topological polar surface area (TPSA) is 184 Å². The lowest BCUT2D eigenvalue weighted by molar-refractivity contribution is -0.343. The number of fused-ring (bicyclic) bond motifs is 2. The van der Waals surface area contributed by atoms with E-state index < -0.39 is 90.9 Å². The fraction of sp³-hybridized carbons (Fsp3) is 0.277. The van der Waals surface area contributed by atoms with Crippen LogP contribution in [-0.4, -0.2) is 121 Å². The van der Waals surface area contributed by atoms with E-state index in [1.54, 1.807) is 72.8 Å². The first kappa shape index (κ1) is 55.5. The number of hydrogen-bond acceptors (Lipinski definition) is 15. The highest BCUT2D eigenvalue weighted by Gasteiger charge is 2.61. The molecule has 0 saturated carbocycles. The maximum Gasteiger partial charge on any atom is 0.303 e. The van der Waals surface area contributed by atoms with Gasteiger partial charge in [0.2, 0.25) is 6.29 Å². The third-order valence-corrected chi connectivity index (χ3v) is 14.7. The number of rotatable bonds is 22. The van der Waals surface area contributed by atoms with E-state index in [0.717, 1.165) is 32.1 Å². The van der Waals surface area contributed by atoms with Gasteiger partial charge in [-0.05, 0) is 70.8 Å². The van der Waals surface area contributed by atoms with Gasteiger partial charge < -0.3 is 47.4 Å². The Balaban J connectivity index is 1.07. The zero-order valence-electron chi connectivity index (χ0n) is 45.0. The van der Waals surface area contributed by atoms with Gasteiger partial charge in [0.15, 0.2) is 12.4 Å². The maximum absolute atomic E-state index is 15.1. The normalized spacial score (nSPS) is 24.0. The van der Waals surface area contributed by atoms with Crippen LogP contribution in [0.1, 0.15) is 70.6 Å². The summed E-state index contributed by atoms with van der Waals surface area (Å²) in [4.78, 5) is 75.6. The minimum Gasteiger partial charge on any atom is -0.497 e. The number of amides is 4. The molecule has 4 heterocycles. The van der Waals surface area contributed by atoms with Crippen LogP contribution in [0.15, 0.2) is 194 Å². The molecule has 10 atom stereocenters. The second-order valence-electron chi connectivity index (χ2n) is 20.1. The molecule has 11 rings (SSSR count). The van der Waals surface area contributed by atoms with Crippen molar-refractivity contribution in [1.82, 2.24) is 9.80 Å². The van der Waals surface area contributed by atoms with Crippen LogP contribution in [0.3, 0.4) is 0 Å². The van der Waals surface area contributed by atoms with E-state index >= 15 is 19.2 Å². The van der Waals surface area contributed by atoms with Gasteiger partial charge in [0.25, 0.3) is 23.6 Å². The Hall–Kier alpha value is -8.39. The summed E-state index contributed by atoms with van der Waals surface area (Å²) in [5, 5.41) is 0. The van der Waals surface area contributed by atoms with Gasteiger partial charge in [-0.1, -0.05) is 146 Å². The standard InChI is InChI=1S/C65H60N2O15/c1-41(68)78-56-52(39-74-35-42-19-7-3-8-20-42)81-65(55(58(56)76-37-44-23-11-5-12-24-44)67-62(71)50-29-17-18-30-51(50)63(67)72)82-57-53(40-75-36-43-21-9-4-10-22-43)80-64(79-47-33-31-46(73-2)32-34-47)54(59(57)77-38-45-25-13-6-14-26-45)66-60(69)48-27-15-16-28-49(48)61(66)70/h3-34,52-59,64-65H,35-40H2,1-2H3/t52-,53-,54-,55-,56-,57-,58-,59-,64-,65+/m1/s1. The van der Waals surface area contributed by atoms with Gasteiger partial charge in [0, 0.05) is 6.92 Å². The van der Waals surface area contributed by atoms with Crippen LogP contribution < -0.4 is 9.47 Å². The molecule has 0 N–H and O–H groups in total. The van der Waals surface area contributed by atoms with Gasteiger partial charge in [-0.25, -0.2) is 0 Å². The Bertz CT molecular complexity index is 3260. The predicted molar refractivity (Wildman–Crippen MR) is 295 cm³/mol. The molecule has 0 spiro atoms. The van der Waals surface area contributed by atoms with Crippen LogP contribution in [0.2, 0.25) is 0 Å². The third kappa shape index (κ3) is 12.1. The summed E-state index contributed by atoms with van der Waals surface area (Å²) in [6.07, 6.45) is -11.0. The Morgan fingerprint density at radius 2 is 0.780 bits per heavy atom. The van der Waals surface area contributed by atoms with Crippen LogP contribution >= 0.6 is 0 Å². The summed E-state index contributed by atoms with van der Waals surface area (Å²) in [7, 11) is 1.54. The molecular weight excluding hydrogens is 1050 g/mol. The van der Waals surface area contributed by atoms with Gasteiger partial charge >= 0.3 is 5.97 Å². The van der Waals surface area contributed by atoms with Crippen molar-refractivity contribution in [3.05, 3.63) is 239 Å². The summed E-state index contributed by atoms with van der Waals surface area (Å²) in [6, 6.07) is 54.2. The summed E-state index contributed by atoms with van der Waals surface area (Å²) in [5.41, 5.74) is 3.68. The number of methoxy groups -OCH3 is 1. The molecule has 0 aromatic heterocycles. The molecule has 0 aliphatic carbocycles. The van der Waals surface area contributed by atoms with Crippen molar-refractivity contribution in [3.63, 3.8) is 0 Å². The van der Waals surface area contributed by atoms with Crippen LogP contribution in [0.25, 0.3) is 0 Å². The minimum absolute atomic E-state index is 0.0786. The first-order valence-corrected chi connectivity index (χ1v) is 27.1. The highest BCUT2D eigenvalue weighted by molar-refractivity contribution is 6.22. The van der Waals surface area contributed by atoms with E-state index in [4.69, 9.17) is 47.4 Å². The number of carbonyl (C=O) groups is 5. The van der Waals surface area contributed by atoms with Gasteiger partial charge in [0.05, 0.1) is 69.0 Å². The van der Waals surface area contributed by atoms with E-state index in [-0.39, 0.29) is 61.9 Å². The van der Waals surface area contributed by atoms with Crippen molar-refractivity contribution in [2.45, 2.75) is 94.6 Å². The van der Waals surface area contributed by atoms with Gasteiger partial charge in [-0.15, -0.1) is 0 Å². The molecular formula is C65H60N2O15. The van der Waals surface area contributed by atoms with E-state index in [9.17, 15) is 4.79 Å². The summed E-state index contributed by atoms with van der Waals surface area (Å²) < 4.78 is 67.0. The van der Waals surface area contributed by atoms with Crippen LogP contribution in [0.5, 0.6) is 11.5 Å². The third-order valence-electron chi connectivity index (χ3n) is 14.7. The molecule has 82 heavy (non-hydrogen) atoms. The van der Waals surface area contributed by atoms with E-state index in [2.05, 4.69) is 0 Å². The number of nitrogens with zero attached hydrogens (tertiary/aromatic N) is 2. The molecule has 0 bridgehead atoms. The molecule has 7 aromatic carbocycles. The lowest BCUT2D eigenvalue weighted by Gasteiger charge is -2.52. The lowest BCUT2D eigenvalue weighted by atomic mass is 9.92. The summed E-state index contributed by atoms with van der Waals surface area (Å²) in [6.45, 7) is 0.908. The molecule has 17 heteroatoms. The molecule has 0 radical (unpaired) electrons. The number of carbonyl (C=O) groups excluding carboxylic acids is 5. The lowest BCUT2D eigenvalue weighted by Crippen LogP contribution is -2.71. The van der Waals surface area contributed by atoms with E-state index in [0.29, 0.717) is 11.5 Å². The molecule has 0 unspecified atom stereocenters.